The van der Waals surface area contributed by atoms with Gasteiger partial charge in [-0.2, -0.15) is 0 Å². The molecule has 2 nitrogen and oxygen atoms in total. The van der Waals surface area contributed by atoms with Gasteiger partial charge in [-0.1, -0.05) is 31.2 Å². The fourth-order valence-electron chi connectivity index (χ4n) is 2.57. The summed E-state index contributed by atoms with van der Waals surface area (Å²) in [6.45, 7) is 6.68. The summed E-state index contributed by atoms with van der Waals surface area (Å²) < 4.78 is 0. The Morgan fingerprint density at radius 2 is 1.82 bits per heavy atom. The molecule has 0 saturated carbocycles. The van der Waals surface area contributed by atoms with Crippen molar-refractivity contribution in [2.75, 3.05) is 19.6 Å². The van der Waals surface area contributed by atoms with Crippen molar-refractivity contribution in [1.82, 2.24) is 4.90 Å². The van der Waals surface area contributed by atoms with Crippen LogP contribution < -0.4 is 5.73 Å². The Bertz CT molecular complexity index is 325. The highest BCUT2D eigenvalue weighted by molar-refractivity contribution is 5.25. The SMILES string of the molecule is CC(CCN)c1ccc(CN2CCCC2)cc1. The van der Waals surface area contributed by atoms with Crippen LogP contribution >= 0.6 is 0 Å². The zero-order chi connectivity index (χ0) is 12.1. The lowest BCUT2D eigenvalue weighted by molar-refractivity contribution is 0.331. The van der Waals surface area contributed by atoms with Crippen molar-refractivity contribution < 1.29 is 0 Å². The summed E-state index contributed by atoms with van der Waals surface area (Å²) in [5, 5.41) is 0. The molecule has 1 aromatic carbocycles. The molecule has 0 aliphatic carbocycles. The van der Waals surface area contributed by atoms with Gasteiger partial charge in [-0.25, -0.2) is 0 Å². The van der Waals surface area contributed by atoms with E-state index in [2.05, 4.69) is 36.1 Å². The smallest absolute Gasteiger partial charge is 0.0233 e. The average Bonchev–Trinajstić information content (AvgIpc) is 2.83. The quantitative estimate of drug-likeness (QED) is 0.846. The molecule has 2 heteroatoms. The molecule has 0 amide bonds. The molecule has 0 aromatic heterocycles. The fraction of sp³-hybridized carbons (Fsp3) is 0.600. The van der Waals surface area contributed by atoms with E-state index in [0.717, 1.165) is 19.5 Å². The molecule has 1 heterocycles. The van der Waals surface area contributed by atoms with Gasteiger partial charge in [-0.15, -0.1) is 0 Å². The molecular formula is C15H24N2. The largest absolute Gasteiger partial charge is 0.330 e. The molecule has 1 unspecified atom stereocenters. The van der Waals surface area contributed by atoms with Gasteiger partial charge in [-0.05, 0) is 55.9 Å². The van der Waals surface area contributed by atoms with Crippen molar-refractivity contribution in [3.8, 4) is 0 Å². The molecule has 1 aromatic rings. The maximum absolute atomic E-state index is 5.60. The van der Waals surface area contributed by atoms with Crippen LogP contribution in [0.1, 0.15) is 43.2 Å². The van der Waals surface area contributed by atoms with Crippen LogP contribution in [0, 0.1) is 0 Å². The Kier molecular flexibility index (Phi) is 4.57. The van der Waals surface area contributed by atoms with Crippen LogP contribution in [0.15, 0.2) is 24.3 Å². The molecule has 1 saturated heterocycles. The number of likely N-dealkylation sites (tertiary alicyclic amines) is 1. The van der Waals surface area contributed by atoms with E-state index in [1.165, 1.54) is 37.1 Å². The number of nitrogens with two attached hydrogens (primary N) is 1. The van der Waals surface area contributed by atoms with Crippen molar-refractivity contribution in [2.24, 2.45) is 5.73 Å². The lowest BCUT2D eigenvalue weighted by atomic mass is 9.97. The lowest BCUT2D eigenvalue weighted by Gasteiger charge is -2.16. The molecule has 17 heavy (non-hydrogen) atoms. The van der Waals surface area contributed by atoms with Gasteiger partial charge >= 0.3 is 0 Å². The Balaban J connectivity index is 1.92. The van der Waals surface area contributed by atoms with Gasteiger partial charge in [0.15, 0.2) is 0 Å². The minimum Gasteiger partial charge on any atom is -0.330 e. The van der Waals surface area contributed by atoms with Crippen molar-refractivity contribution in [2.45, 2.75) is 38.6 Å². The van der Waals surface area contributed by atoms with Gasteiger partial charge in [0.25, 0.3) is 0 Å². The zero-order valence-electron chi connectivity index (χ0n) is 10.9. The van der Waals surface area contributed by atoms with Crippen LogP contribution in [0.4, 0.5) is 0 Å². The van der Waals surface area contributed by atoms with E-state index in [-0.39, 0.29) is 0 Å². The summed E-state index contributed by atoms with van der Waals surface area (Å²) in [6, 6.07) is 9.10. The highest BCUT2D eigenvalue weighted by Crippen LogP contribution is 2.20. The minimum absolute atomic E-state index is 0.584. The predicted octanol–water partition coefficient (Wildman–Crippen LogP) is 2.73. The average molecular weight is 232 g/mol. The molecule has 1 aliphatic rings. The summed E-state index contributed by atoms with van der Waals surface area (Å²) in [4.78, 5) is 2.54. The predicted molar refractivity (Wildman–Crippen MR) is 73.0 cm³/mol. The van der Waals surface area contributed by atoms with E-state index in [1.54, 1.807) is 0 Å². The topological polar surface area (TPSA) is 29.3 Å². The first kappa shape index (κ1) is 12.6. The number of rotatable bonds is 5. The lowest BCUT2D eigenvalue weighted by Crippen LogP contribution is -2.18. The zero-order valence-corrected chi connectivity index (χ0v) is 10.9. The minimum atomic E-state index is 0.584. The normalized spacial score (nSPS) is 18.5. The molecule has 1 fully saturated rings. The first-order valence-electron chi connectivity index (χ1n) is 6.81. The summed E-state index contributed by atoms with van der Waals surface area (Å²) in [6.07, 6.45) is 3.81. The maximum atomic E-state index is 5.60. The third-order valence-corrected chi connectivity index (χ3v) is 3.75. The van der Waals surface area contributed by atoms with Crippen LogP contribution in [0.25, 0.3) is 0 Å². The molecular weight excluding hydrogens is 208 g/mol. The van der Waals surface area contributed by atoms with Crippen LogP contribution in [-0.4, -0.2) is 24.5 Å². The molecule has 2 rings (SSSR count). The van der Waals surface area contributed by atoms with E-state index in [4.69, 9.17) is 5.73 Å². The van der Waals surface area contributed by atoms with E-state index in [1.807, 2.05) is 0 Å². The van der Waals surface area contributed by atoms with Gasteiger partial charge in [0.1, 0.15) is 0 Å². The second kappa shape index (κ2) is 6.18. The highest BCUT2D eigenvalue weighted by atomic mass is 15.1. The monoisotopic (exact) mass is 232 g/mol. The van der Waals surface area contributed by atoms with Gasteiger partial charge in [0.2, 0.25) is 0 Å². The van der Waals surface area contributed by atoms with Crippen LogP contribution in [0.3, 0.4) is 0 Å². The number of hydrogen-bond donors (Lipinski definition) is 1. The fourth-order valence-corrected chi connectivity index (χ4v) is 2.57. The van der Waals surface area contributed by atoms with E-state index in [0.29, 0.717) is 5.92 Å². The summed E-state index contributed by atoms with van der Waals surface area (Å²) in [5.74, 6) is 0.584. The van der Waals surface area contributed by atoms with E-state index >= 15 is 0 Å². The Hall–Kier alpha value is -0.860. The Morgan fingerprint density at radius 1 is 1.18 bits per heavy atom. The Morgan fingerprint density at radius 3 is 2.41 bits per heavy atom. The number of nitrogens with zero attached hydrogens (tertiary/aromatic N) is 1. The first-order valence-corrected chi connectivity index (χ1v) is 6.81. The number of hydrogen-bond acceptors (Lipinski definition) is 2. The maximum Gasteiger partial charge on any atom is 0.0233 e. The van der Waals surface area contributed by atoms with Gasteiger partial charge in [0.05, 0.1) is 0 Å². The third kappa shape index (κ3) is 3.55. The molecule has 0 bridgehead atoms. The molecule has 0 radical (unpaired) electrons. The van der Waals surface area contributed by atoms with Gasteiger partial charge in [-0.3, -0.25) is 4.90 Å². The van der Waals surface area contributed by atoms with Crippen molar-refractivity contribution in [1.29, 1.82) is 0 Å². The van der Waals surface area contributed by atoms with E-state index < -0.39 is 0 Å². The van der Waals surface area contributed by atoms with Crippen LogP contribution in [0.2, 0.25) is 0 Å². The van der Waals surface area contributed by atoms with E-state index in [9.17, 15) is 0 Å². The van der Waals surface area contributed by atoms with Crippen molar-refractivity contribution >= 4 is 0 Å². The van der Waals surface area contributed by atoms with Crippen molar-refractivity contribution in [3.05, 3.63) is 35.4 Å². The summed E-state index contributed by atoms with van der Waals surface area (Å²) >= 11 is 0. The second-order valence-electron chi connectivity index (χ2n) is 5.20. The first-order chi connectivity index (χ1) is 8.29. The summed E-state index contributed by atoms with van der Waals surface area (Å²) in [5.41, 5.74) is 8.46. The molecule has 1 atom stereocenters. The third-order valence-electron chi connectivity index (χ3n) is 3.75. The summed E-state index contributed by atoms with van der Waals surface area (Å²) in [7, 11) is 0. The second-order valence-corrected chi connectivity index (χ2v) is 5.20. The van der Waals surface area contributed by atoms with Gasteiger partial charge < -0.3 is 5.73 Å². The van der Waals surface area contributed by atoms with Crippen LogP contribution in [0.5, 0.6) is 0 Å². The molecule has 94 valence electrons. The Labute approximate surface area is 105 Å². The standard InChI is InChI=1S/C15H24N2/c1-13(8-9-16)15-6-4-14(5-7-15)12-17-10-2-3-11-17/h4-7,13H,2-3,8-12,16H2,1H3. The molecule has 1 aliphatic heterocycles. The van der Waals surface area contributed by atoms with Crippen LogP contribution in [-0.2, 0) is 6.54 Å². The highest BCUT2D eigenvalue weighted by Gasteiger charge is 2.11. The number of benzene rings is 1. The molecule has 0 spiro atoms. The van der Waals surface area contributed by atoms with Gasteiger partial charge in [0, 0.05) is 6.54 Å². The van der Waals surface area contributed by atoms with Crippen molar-refractivity contribution in [3.63, 3.8) is 0 Å². The molecule has 2 N–H and O–H groups in total.